The highest BCUT2D eigenvalue weighted by atomic mass is 31.2. The molecule has 1 rings (SSSR count). The van der Waals surface area contributed by atoms with E-state index in [1.165, 1.54) is 0 Å². The van der Waals surface area contributed by atoms with Crippen LogP contribution in [0.4, 0.5) is 0 Å². The third-order valence-corrected chi connectivity index (χ3v) is 4.15. The van der Waals surface area contributed by atoms with Gasteiger partial charge in [-0.1, -0.05) is 30.3 Å². The summed E-state index contributed by atoms with van der Waals surface area (Å²) in [6.45, 7) is 2.31. The van der Waals surface area contributed by atoms with Crippen LogP contribution in [0.2, 0.25) is 0 Å². The van der Waals surface area contributed by atoms with Crippen molar-refractivity contribution >= 4 is 13.6 Å². The molecule has 19 heavy (non-hydrogen) atoms. The number of esters is 1. The van der Waals surface area contributed by atoms with Crippen LogP contribution in [0, 0.1) is 0 Å². The van der Waals surface area contributed by atoms with Crippen LogP contribution in [0.5, 0.6) is 0 Å². The molecule has 0 bridgehead atoms. The molecule has 106 valence electrons. The number of hydrogen-bond donors (Lipinski definition) is 3. The molecule has 0 aliphatic rings. The van der Waals surface area contributed by atoms with E-state index in [9.17, 15) is 9.36 Å². The van der Waals surface area contributed by atoms with E-state index in [-0.39, 0.29) is 6.42 Å². The summed E-state index contributed by atoms with van der Waals surface area (Å²) in [5, 5.41) is -1.88. The Labute approximate surface area is 111 Å². The van der Waals surface area contributed by atoms with Gasteiger partial charge in [-0.05, 0) is 25.8 Å². The summed E-state index contributed by atoms with van der Waals surface area (Å²) in [6, 6.07) is 8.11. The van der Waals surface area contributed by atoms with Crippen LogP contribution in [0.15, 0.2) is 30.3 Å². The highest BCUT2D eigenvalue weighted by Crippen LogP contribution is 2.50. The Kier molecular flexibility index (Phi) is 4.87. The average Bonchev–Trinajstić information content (AvgIpc) is 2.28. The molecule has 6 nitrogen and oxygen atoms in total. The van der Waals surface area contributed by atoms with Gasteiger partial charge in [0, 0.05) is 0 Å². The third kappa shape index (κ3) is 4.44. The Bertz CT molecular complexity index is 482. The molecule has 0 saturated heterocycles. The second kappa shape index (κ2) is 5.84. The molecular formula is C12H18NO5P. The molecule has 0 radical (unpaired) electrons. The number of carbonyl (C=O) groups excluding carboxylic acids is 1. The Morgan fingerprint density at radius 2 is 1.89 bits per heavy atom. The lowest BCUT2D eigenvalue weighted by Crippen LogP contribution is -2.39. The normalized spacial score (nSPS) is 13.9. The maximum absolute atomic E-state index is 11.7. The van der Waals surface area contributed by atoms with Crippen molar-refractivity contribution in [2.24, 2.45) is 5.73 Å². The molecule has 0 aliphatic carbocycles. The largest absolute Gasteiger partial charge is 0.445 e. The van der Waals surface area contributed by atoms with Crippen LogP contribution in [0.3, 0.4) is 0 Å². The summed E-state index contributed by atoms with van der Waals surface area (Å²) in [5.74, 6) is -0.836. The lowest BCUT2D eigenvalue weighted by atomic mass is 10.1. The van der Waals surface area contributed by atoms with Gasteiger partial charge in [-0.25, -0.2) is 0 Å². The van der Waals surface area contributed by atoms with Crippen molar-refractivity contribution in [3.05, 3.63) is 35.9 Å². The number of rotatable bonds is 5. The van der Waals surface area contributed by atoms with Crippen molar-refractivity contribution in [3.8, 4) is 0 Å². The summed E-state index contributed by atoms with van der Waals surface area (Å²) >= 11 is 0. The van der Waals surface area contributed by atoms with Gasteiger partial charge in [0.25, 0.3) is 0 Å². The Morgan fingerprint density at radius 1 is 1.37 bits per heavy atom. The van der Waals surface area contributed by atoms with E-state index in [2.05, 4.69) is 0 Å². The predicted octanol–water partition coefficient (Wildman–Crippen LogP) is 1.01. The quantitative estimate of drug-likeness (QED) is 0.551. The fraction of sp³-hybridized carbons (Fsp3) is 0.417. The minimum atomic E-state index is -4.54. The standard InChI is InChI=1S/C12H18NO5P/c1-12(2,19(15,16)17)18-11(14)10(13)8-9-6-4-3-5-7-9/h3-7,10H,8,13H2,1-2H3,(H2,15,16,17)/t10-/m0/s1. The molecule has 1 aromatic carbocycles. The first-order valence-electron chi connectivity index (χ1n) is 5.71. The maximum atomic E-state index is 11.7. The fourth-order valence-corrected chi connectivity index (χ4v) is 1.54. The van der Waals surface area contributed by atoms with Crippen LogP contribution < -0.4 is 5.73 Å². The molecule has 0 spiro atoms. The zero-order valence-corrected chi connectivity index (χ0v) is 11.7. The summed E-state index contributed by atoms with van der Waals surface area (Å²) in [6.07, 6.45) is 0.247. The van der Waals surface area contributed by atoms with E-state index < -0.39 is 24.9 Å². The van der Waals surface area contributed by atoms with Crippen LogP contribution in [0.1, 0.15) is 19.4 Å². The van der Waals surface area contributed by atoms with E-state index in [1.54, 1.807) is 12.1 Å². The fourth-order valence-electron chi connectivity index (χ4n) is 1.33. The molecule has 0 saturated carbocycles. The first-order valence-corrected chi connectivity index (χ1v) is 7.33. The predicted molar refractivity (Wildman–Crippen MR) is 70.3 cm³/mol. The van der Waals surface area contributed by atoms with E-state index >= 15 is 0 Å². The maximum Gasteiger partial charge on any atom is 0.368 e. The van der Waals surface area contributed by atoms with Crippen molar-refractivity contribution in [2.75, 3.05) is 0 Å². The van der Waals surface area contributed by atoms with Gasteiger partial charge >= 0.3 is 13.6 Å². The zero-order chi connectivity index (χ0) is 14.7. The van der Waals surface area contributed by atoms with Gasteiger partial charge in [0.2, 0.25) is 5.34 Å². The van der Waals surface area contributed by atoms with E-state index in [1.807, 2.05) is 18.2 Å². The highest BCUT2D eigenvalue weighted by molar-refractivity contribution is 7.53. The van der Waals surface area contributed by atoms with E-state index in [0.717, 1.165) is 19.4 Å². The minimum absolute atomic E-state index is 0.247. The minimum Gasteiger partial charge on any atom is -0.445 e. The molecule has 1 aromatic rings. The van der Waals surface area contributed by atoms with Crippen LogP contribution in [0.25, 0.3) is 0 Å². The molecule has 0 unspecified atom stereocenters. The number of benzene rings is 1. The topological polar surface area (TPSA) is 110 Å². The second-order valence-electron chi connectivity index (χ2n) is 4.71. The first-order chi connectivity index (χ1) is 8.63. The molecule has 0 fully saturated rings. The number of nitrogens with two attached hydrogens (primary N) is 1. The average molecular weight is 287 g/mol. The van der Waals surface area contributed by atoms with Crippen LogP contribution in [-0.4, -0.2) is 27.1 Å². The van der Waals surface area contributed by atoms with Crippen molar-refractivity contribution in [2.45, 2.75) is 31.7 Å². The molecule has 0 amide bonds. The molecule has 0 aromatic heterocycles. The lowest BCUT2D eigenvalue weighted by Gasteiger charge is -2.27. The van der Waals surface area contributed by atoms with E-state index in [0.29, 0.717) is 0 Å². The van der Waals surface area contributed by atoms with Gasteiger partial charge < -0.3 is 20.3 Å². The van der Waals surface area contributed by atoms with Crippen LogP contribution >= 0.6 is 7.60 Å². The monoisotopic (exact) mass is 287 g/mol. The highest BCUT2D eigenvalue weighted by Gasteiger charge is 2.42. The Morgan fingerprint density at radius 3 is 2.37 bits per heavy atom. The molecule has 0 heterocycles. The Hall–Kier alpha value is -1.20. The summed E-state index contributed by atoms with van der Waals surface area (Å²) < 4.78 is 16.0. The molecule has 1 atom stereocenters. The van der Waals surface area contributed by atoms with Crippen LogP contribution in [-0.2, 0) is 20.5 Å². The molecule has 0 aliphatic heterocycles. The Balaban J connectivity index is 2.66. The van der Waals surface area contributed by atoms with Gasteiger partial charge in [0.1, 0.15) is 6.04 Å². The first kappa shape index (κ1) is 15.9. The summed E-state index contributed by atoms with van der Waals surface area (Å²) in [4.78, 5) is 29.8. The van der Waals surface area contributed by atoms with Gasteiger partial charge in [-0.2, -0.15) is 0 Å². The number of carbonyl (C=O) groups is 1. The summed E-state index contributed by atoms with van der Waals surface area (Å²) in [7, 11) is -4.54. The van der Waals surface area contributed by atoms with Gasteiger partial charge in [0.15, 0.2) is 0 Å². The van der Waals surface area contributed by atoms with Crippen molar-refractivity contribution in [1.82, 2.24) is 0 Å². The molecule has 4 N–H and O–H groups in total. The summed E-state index contributed by atoms with van der Waals surface area (Å²) in [5.41, 5.74) is 6.52. The smallest absolute Gasteiger partial charge is 0.368 e. The van der Waals surface area contributed by atoms with Gasteiger partial charge in [0.05, 0.1) is 0 Å². The van der Waals surface area contributed by atoms with Crippen molar-refractivity contribution in [3.63, 3.8) is 0 Å². The second-order valence-corrected chi connectivity index (χ2v) is 6.87. The number of hydrogen-bond acceptors (Lipinski definition) is 4. The van der Waals surface area contributed by atoms with Crippen molar-refractivity contribution in [1.29, 1.82) is 0 Å². The molecule has 7 heteroatoms. The van der Waals surface area contributed by atoms with Crippen molar-refractivity contribution < 1.29 is 23.9 Å². The van der Waals surface area contributed by atoms with E-state index in [4.69, 9.17) is 20.3 Å². The zero-order valence-electron chi connectivity index (χ0n) is 10.8. The molecular weight excluding hydrogens is 269 g/mol. The van der Waals surface area contributed by atoms with Gasteiger partial charge in [-0.3, -0.25) is 9.36 Å². The number of ether oxygens (including phenoxy) is 1. The lowest BCUT2D eigenvalue weighted by molar-refractivity contribution is -0.153. The van der Waals surface area contributed by atoms with Gasteiger partial charge in [-0.15, -0.1) is 0 Å². The SMILES string of the molecule is CC(C)(OC(=O)[C@@H](N)Cc1ccccc1)P(=O)(O)O. The third-order valence-electron chi connectivity index (χ3n) is 2.65.